The first-order valence-corrected chi connectivity index (χ1v) is 11.3. The topological polar surface area (TPSA) is 66.8 Å². The van der Waals surface area contributed by atoms with Gasteiger partial charge in [0.15, 0.2) is 8.32 Å². The van der Waals surface area contributed by atoms with Crippen molar-refractivity contribution in [2.45, 2.75) is 96.1 Å². The normalized spacial score (nSPS) is 26.2. The molecule has 0 bridgehead atoms. The van der Waals surface area contributed by atoms with Gasteiger partial charge in [0.05, 0.1) is 6.10 Å². The number of hydrogen-bond acceptors (Lipinski definition) is 3. The lowest BCUT2D eigenvalue weighted by molar-refractivity contribution is -0.126. The number of amides is 1. The fourth-order valence-corrected chi connectivity index (χ4v) is 4.59. The molecule has 1 saturated carbocycles. The van der Waals surface area contributed by atoms with Crippen molar-refractivity contribution in [2.75, 3.05) is 0 Å². The first-order chi connectivity index (χ1) is 10.2. The highest BCUT2D eigenvalue weighted by molar-refractivity contribution is 6.74. The van der Waals surface area contributed by atoms with E-state index >= 15 is 0 Å². The molecule has 0 radical (unpaired) electrons. The van der Waals surface area contributed by atoms with Gasteiger partial charge in [0.2, 0.25) is 0 Å². The molecule has 0 saturated heterocycles. The maximum atomic E-state index is 12.1. The molecule has 1 aliphatic carbocycles. The fourth-order valence-electron chi connectivity index (χ4n) is 3.21. The van der Waals surface area contributed by atoms with E-state index in [1.807, 2.05) is 20.8 Å². The Labute approximate surface area is 141 Å². The Morgan fingerprint density at radius 2 is 1.78 bits per heavy atom. The molecule has 134 valence electrons. The Hall–Kier alpha value is -0.883. The molecule has 1 fully saturated rings. The third kappa shape index (κ3) is 3.79. The van der Waals surface area contributed by atoms with Crippen molar-refractivity contribution in [3.8, 4) is 0 Å². The van der Waals surface area contributed by atoms with E-state index in [9.17, 15) is 14.7 Å². The van der Waals surface area contributed by atoms with Gasteiger partial charge in [0.25, 0.3) is 0 Å². The SMILES string of the molecule is CC(C)(C)N(C(=O)O)C1(C=O)CCCC1O[Si](C)(C)C(C)(C)C. The number of carboxylic acid groups (broad SMARTS) is 1. The molecule has 5 nitrogen and oxygen atoms in total. The summed E-state index contributed by atoms with van der Waals surface area (Å²) >= 11 is 0. The molecule has 2 unspecified atom stereocenters. The predicted molar refractivity (Wildman–Crippen MR) is 94.3 cm³/mol. The third-order valence-corrected chi connectivity index (χ3v) is 9.81. The summed E-state index contributed by atoms with van der Waals surface area (Å²) in [6, 6.07) is 0. The molecule has 0 aromatic carbocycles. The number of nitrogens with zero attached hydrogens (tertiary/aromatic N) is 1. The molecule has 0 aromatic rings. The molecular formula is C17H33NO4Si. The second-order valence-corrected chi connectivity index (χ2v) is 13.9. The van der Waals surface area contributed by atoms with Crippen LogP contribution in [-0.4, -0.2) is 47.9 Å². The minimum Gasteiger partial charge on any atom is -0.465 e. The Morgan fingerprint density at radius 3 is 2.13 bits per heavy atom. The van der Waals surface area contributed by atoms with Crippen LogP contribution in [0.15, 0.2) is 0 Å². The van der Waals surface area contributed by atoms with E-state index in [0.717, 1.165) is 19.1 Å². The summed E-state index contributed by atoms with van der Waals surface area (Å²) in [4.78, 5) is 25.3. The Balaban J connectivity index is 3.28. The molecule has 23 heavy (non-hydrogen) atoms. The molecule has 1 aliphatic rings. The lowest BCUT2D eigenvalue weighted by atomic mass is 9.89. The summed E-state index contributed by atoms with van der Waals surface area (Å²) in [6.07, 6.45) is 1.45. The average Bonchev–Trinajstić information content (AvgIpc) is 2.68. The van der Waals surface area contributed by atoms with Gasteiger partial charge in [-0.15, -0.1) is 0 Å². The first-order valence-electron chi connectivity index (χ1n) is 8.36. The molecule has 1 rings (SSSR count). The van der Waals surface area contributed by atoms with E-state index in [0.29, 0.717) is 6.42 Å². The molecule has 0 aliphatic heterocycles. The van der Waals surface area contributed by atoms with Crippen molar-refractivity contribution in [1.82, 2.24) is 4.90 Å². The van der Waals surface area contributed by atoms with Gasteiger partial charge in [-0.05, 0) is 58.2 Å². The number of aldehydes is 1. The van der Waals surface area contributed by atoms with E-state index in [1.165, 1.54) is 4.90 Å². The summed E-state index contributed by atoms with van der Waals surface area (Å²) < 4.78 is 6.50. The van der Waals surface area contributed by atoms with Gasteiger partial charge >= 0.3 is 6.09 Å². The number of hydrogen-bond donors (Lipinski definition) is 1. The molecule has 6 heteroatoms. The zero-order valence-corrected chi connectivity index (χ0v) is 16.9. The number of rotatable bonds is 4. The van der Waals surface area contributed by atoms with Gasteiger partial charge in [0, 0.05) is 5.54 Å². The second kappa shape index (κ2) is 6.20. The lowest BCUT2D eigenvalue weighted by Gasteiger charge is -2.49. The lowest BCUT2D eigenvalue weighted by Crippen LogP contribution is -2.65. The highest BCUT2D eigenvalue weighted by atomic mass is 28.4. The maximum Gasteiger partial charge on any atom is 0.408 e. The third-order valence-electron chi connectivity index (χ3n) is 5.33. The Bertz CT molecular complexity index is 464. The van der Waals surface area contributed by atoms with E-state index in [2.05, 4.69) is 33.9 Å². The zero-order valence-electron chi connectivity index (χ0n) is 15.9. The van der Waals surface area contributed by atoms with Crippen LogP contribution in [0.5, 0.6) is 0 Å². The summed E-state index contributed by atoms with van der Waals surface area (Å²) in [7, 11) is -2.09. The summed E-state index contributed by atoms with van der Waals surface area (Å²) in [5.74, 6) is 0. The number of carbonyl (C=O) groups excluding carboxylic acids is 1. The van der Waals surface area contributed by atoms with Crippen LogP contribution in [0.2, 0.25) is 18.1 Å². The van der Waals surface area contributed by atoms with Gasteiger partial charge < -0.3 is 14.3 Å². The molecule has 0 aromatic heterocycles. The average molecular weight is 344 g/mol. The molecule has 2 atom stereocenters. The smallest absolute Gasteiger partial charge is 0.408 e. The van der Waals surface area contributed by atoms with Crippen molar-refractivity contribution < 1.29 is 19.1 Å². The highest BCUT2D eigenvalue weighted by Gasteiger charge is 2.56. The van der Waals surface area contributed by atoms with Crippen LogP contribution in [-0.2, 0) is 9.22 Å². The monoisotopic (exact) mass is 343 g/mol. The van der Waals surface area contributed by atoms with Crippen molar-refractivity contribution in [1.29, 1.82) is 0 Å². The van der Waals surface area contributed by atoms with Crippen LogP contribution in [0.4, 0.5) is 4.79 Å². The van der Waals surface area contributed by atoms with Crippen molar-refractivity contribution in [3.63, 3.8) is 0 Å². The van der Waals surface area contributed by atoms with Crippen LogP contribution >= 0.6 is 0 Å². The van der Waals surface area contributed by atoms with Crippen molar-refractivity contribution >= 4 is 20.7 Å². The van der Waals surface area contributed by atoms with Gasteiger partial charge in [-0.1, -0.05) is 20.8 Å². The fraction of sp³-hybridized carbons (Fsp3) is 0.882. The van der Waals surface area contributed by atoms with Gasteiger partial charge in [-0.3, -0.25) is 4.90 Å². The molecule has 1 amide bonds. The van der Waals surface area contributed by atoms with Crippen molar-refractivity contribution in [2.24, 2.45) is 0 Å². The van der Waals surface area contributed by atoms with Crippen LogP contribution < -0.4 is 0 Å². The molecular weight excluding hydrogens is 310 g/mol. The largest absolute Gasteiger partial charge is 0.465 e. The van der Waals surface area contributed by atoms with E-state index in [-0.39, 0.29) is 11.1 Å². The van der Waals surface area contributed by atoms with Crippen LogP contribution in [0.3, 0.4) is 0 Å². The van der Waals surface area contributed by atoms with Gasteiger partial charge in [-0.2, -0.15) is 0 Å². The van der Waals surface area contributed by atoms with Crippen LogP contribution in [0.1, 0.15) is 60.8 Å². The van der Waals surface area contributed by atoms with E-state index < -0.39 is 25.5 Å². The van der Waals surface area contributed by atoms with Crippen molar-refractivity contribution in [3.05, 3.63) is 0 Å². The van der Waals surface area contributed by atoms with Gasteiger partial charge in [0.1, 0.15) is 11.8 Å². The minimum absolute atomic E-state index is 0.0139. The van der Waals surface area contributed by atoms with Gasteiger partial charge in [-0.25, -0.2) is 4.79 Å². The zero-order chi connectivity index (χ0) is 18.3. The van der Waals surface area contributed by atoms with E-state index in [1.54, 1.807) is 0 Å². The highest BCUT2D eigenvalue weighted by Crippen LogP contribution is 2.45. The molecule has 1 N–H and O–H groups in total. The predicted octanol–water partition coefficient (Wildman–Crippen LogP) is 4.28. The van der Waals surface area contributed by atoms with Crippen LogP contribution in [0, 0.1) is 0 Å². The number of carbonyl (C=O) groups is 2. The molecule has 0 spiro atoms. The first kappa shape index (κ1) is 20.2. The minimum atomic E-state index is -2.09. The summed E-state index contributed by atoms with van der Waals surface area (Å²) in [5.41, 5.74) is -1.74. The standard InChI is InChI=1S/C17H33NO4Si/c1-15(2,3)18(14(20)21)17(12-19)11-9-10-13(17)22-23(7,8)16(4,5)6/h12-13H,9-11H2,1-8H3,(H,20,21). The summed E-state index contributed by atoms with van der Waals surface area (Å²) in [5, 5.41) is 9.78. The maximum absolute atomic E-state index is 12.1. The van der Waals surface area contributed by atoms with E-state index in [4.69, 9.17) is 4.43 Å². The van der Waals surface area contributed by atoms with Crippen LogP contribution in [0.25, 0.3) is 0 Å². The summed E-state index contributed by atoms with van der Waals surface area (Å²) in [6.45, 7) is 16.2. The quantitative estimate of drug-likeness (QED) is 0.611. The Morgan fingerprint density at radius 1 is 1.26 bits per heavy atom. The Kier molecular flexibility index (Phi) is 5.44. The second-order valence-electron chi connectivity index (χ2n) is 9.16. The molecule has 0 heterocycles.